The van der Waals surface area contributed by atoms with Gasteiger partial charge in [-0.25, -0.2) is 0 Å². The van der Waals surface area contributed by atoms with Crippen molar-refractivity contribution in [1.82, 2.24) is 5.32 Å². The van der Waals surface area contributed by atoms with Crippen LogP contribution in [-0.4, -0.2) is 12.5 Å². The molecule has 0 aromatic heterocycles. The van der Waals surface area contributed by atoms with Crippen LogP contribution in [-0.2, 0) is 4.79 Å². The predicted molar refractivity (Wildman–Crippen MR) is 65.8 cm³/mol. The van der Waals surface area contributed by atoms with Gasteiger partial charge in [-0.05, 0) is 25.7 Å². The van der Waals surface area contributed by atoms with Crippen LogP contribution in [0.15, 0.2) is 0 Å². The van der Waals surface area contributed by atoms with Gasteiger partial charge in [-0.15, -0.1) is 0 Å². The van der Waals surface area contributed by atoms with Crippen molar-refractivity contribution < 1.29 is 4.79 Å². The molecule has 2 atom stereocenters. The molecule has 15 heavy (non-hydrogen) atoms. The number of amides is 1. The summed E-state index contributed by atoms with van der Waals surface area (Å²) in [6.07, 6.45) is 5.96. The molecule has 0 heterocycles. The Labute approximate surface area is 94.8 Å². The predicted octanol–water partition coefficient (Wildman–Crippen LogP) is 3.37. The van der Waals surface area contributed by atoms with Crippen molar-refractivity contribution in [2.45, 2.75) is 59.8 Å². The highest BCUT2D eigenvalue weighted by atomic mass is 16.1. The first-order valence-corrected chi connectivity index (χ1v) is 6.43. The van der Waals surface area contributed by atoms with E-state index in [0.717, 1.165) is 25.3 Å². The summed E-state index contributed by atoms with van der Waals surface area (Å²) in [5.41, 5.74) is 0. The molecule has 1 aliphatic rings. The zero-order valence-corrected chi connectivity index (χ0v) is 10.8. The van der Waals surface area contributed by atoms with E-state index in [1.165, 1.54) is 19.3 Å². The zero-order chi connectivity index (χ0) is 11.7. The first-order valence-electron chi connectivity index (χ1n) is 6.43. The van der Waals surface area contributed by atoms with Crippen molar-refractivity contribution in [2.24, 2.45) is 11.8 Å². The Hall–Kier alpha value is -0.530. The lowest BCUT2D eigenvalue weighted by molar-refractivity contribution is -0.126. The van der Waals surface area contributed by atoms with Crippen LogP contribution < -0.4 is 5.32 Å². The summed E-state index contributed by atoms with van der Waals surface area (Å²) in [5, 5.41) is 2.90. The summed E-state index contributed by atoms with van der Waals surface area (Å²) < 4.78 is 0. The topological polar surface area (TPSA) is 29.1 Å². The Morgan fingerprint density at radius 2 is 1.87 bits per heavy atom. The lowest BCUT2D eigenvalue weighted by atomic mass is 9.82. The third kappa shape index (κ3) is 6.53. The van der Waals surface area contributed by atoms with Crippen molar-refractivity contribution in [1.29, 1.82) is 0 Å². The van der Waals surface area contributed by atoms with E-state index in [1.54, 1.807) is 0 Å². The molecule has 1 amide bonds. The van der Waals surface area contributed by atoms with Gasteiger partial charge >= 0.3 is 0 Å². The van der Waals surface area contributed by atoms with Crippen LogP contribution in [0.5, 0.6) is 0 Å². The number of hydrogen-bond acceptors (Lipinski definition) is 1. The van der Waals surface area contributed by atoms with Crippen LogP contribution >= 0.6 is 0 Å². The number of carbonyl (C=O) groups excluding carboxylic acids is 1. The van der Waals surface area contributed by atoms with E-state index in [2.05, 4.69) is 26.1 Å². The van der Waals surface area contributed by atoms with E-state index in [1.807, 2.05) is 6.92 Å². The van der Waals surface area contributed by atoms with Crippen LogP contribution in [0, 0.1) is 11.8 Å². The van der Waals surface area contributed by atoms with Gasteiger partial charge in [-0.2, -0.15) is 0 Å². The largest absolute Gasteiger partial charge is 0.356 e. The second-order valence-corrected chi connectivity index (χ2v) is 4.57. The minimum atomic E-state index is 0.268. The molecule has 1 fully saturated rings. The molecule has 0 aliphatic heterocycles. The summed E-state index contributed by atoms with van der Waals surface area (Å²) in [7, 11) is 0. The average Bonchev–Trinajstić information content (AvgIpc) is 2.19. The van der Waals surface area contributed by atoms with E-state index in [-0.39, 0.29) is 5.91 Å². The molecule has 0 spiro atoms. The van der Waals surface area contributed by atoms with Crippen molar-refractivity contribution in [2.75, 3.05) is 6.54 Å². The van der Waals surface area contributed by atoms with E-state index in [0.29, 0.717) is 5.92 Å². The molecule has 0 bridgehead atoms. The Balaban J connectivity index is 0.000000583. The normalized spacial score (nSPS) is 25.1. The van der Waals surface area contributed by atoms with E-state index >= 15 is 0 Å². The quantitative estimate of drug-likeness (QED) is 0.748. The molecule has 0 radical (unpaired) electrons. The highest BCUT2D eigenvalue weighted by molar-refractivity contribution is 5.78. The molecule has 1 saturated carbocycles. The molecular formula is C13H27NO. The Morgan fingerprint density at radius 1 is 1.27 bits per heavy atom. The van der Waals surface area contributed by atoms with Gasteiger partial charge in [0, 0.05) is 12.5 Å². The van der Waals surface area contributed by atoms with Gasteiger partial charge in [0.1, 0.15) is 0 Å². The smallest absolute Gasteiger partial charge is 0.223 e. The monoisotopic (exact) mass is 213 g/mol. The van der Waals surface area contributed by atoms with Gasteiger partial charge in [0.2, 0.25) is 5.91 Å². The Kier molecular flexibility index (Phi) is 8.44. The van der Waals surface area contributed by atoms with Gasteiger partial charge in [0.05, 0.1) is 0 Å². The number of hydrogen-bond donors (Lipinski definition) is 1. The fourth-order valence-electron chi connectivity index (χ4n) is 1.99. The van der Waals surface area contributed by atoms with Crippen LogP contribution in [0.1, 0.15) is 59.8 Å². The van der Waals surface area contributed by atoms with Crippen molar-refractivity contribution in [3.8, 4) is 0 Å². The first kappa shape index (κ1) is 14.5. The Morgan fingerprint density at radius 3 is 2.33 bits per heavy atom. The van der Waals surface area contributed by atoms with Crippen molar-refractivity contribution in [3.05, 3.63) is 0 Å². The van der Waals surface area contributed by atoms with Gasteiger partial charge in [-0.1, -0.05) is 40.0 Å². The highest BCUT2D eigenvalue weighted by Gasteiger charge is 2.24. The van der Waals surface area contributed by atoms with Crippen LogP contribution in [0.3, 0.4) is 0 Å². The minimum absolute atomic E-state index is 0.268. The molecule has 1 rings (SSSR count). The molecule has 0 aromatic rings. The van der Waals surface area contributed by atoms with Gasteiger partial charge < -0.3 is 5.32 Å². The molecule has 1 aliphatic carbocycles. The maximum atomic E-state index is 11.4. The molecular weight excluding hydrogens is 186 g/mol. The molecule has 1 N–H and O–H groups in total. The van der Waals surface area contributed by atoms with Crippen LogP contribution in [0.25, 0.3) is 0 Å². The molecule has 2 nitrogen and oxygen atoms in total. The maximum absolute atomic E-state index is 11.4. The summed E-state index contributed by atoms with van der Waals surface area (Å²) in [6.45, 7) is 9.24. The number of nitrogens with one attached hydrogen (secondary N) is 1. The van der Waals surface area contributed by atoms with Gasteiger partial charge in [0.25, 0.3) is 0 Å². The maximum Gasteiger partial charge on any atom is 0.223 e. The Bertz CT molecular complexity index is 168. The van der Waals surface area contributed by atoms with Gasteiger partial charge in [0.15, 0.2) is 0 Å². The van der Waals surface area contributed by atoms with Crippen molar-refractivity contribution >= 4 is 5.91 Å². The molecule has 90 valence electrons. The second-order valence-electron chi connectivity index (χ2n) is 4.57. The van der Waals surface area contributed by atoms with Crippen LogP contribution in [0.4, 0.5) is 0 Å². The SMILES string of the molecule is CCC.CCNC(=O)C1CCC[C@@H](C)C1. The third-order valence-electron chi connectivity index (χ3n) is 2.66. The van der Waals surface area contributed by atoms with E-state index in [4.69, 9.17) is 0 Å². The standard InChI is InChI=1S/C10H19NO.C3H8/c1-3-11-10(12)9-6-4-5-8(2)7-9;1-3-2/h8-9H,3-7H2,1-2H3,(H,11,12);3H2,1-2H3/t8-,9?;/m1./s1. The lowest BCUT2D eigenvalue weighted by Gasteiger charge is -2.25. The molecule has 2 heteroatoms. The minimum Gasteiger partial charge on any atom is -0.356 e. The summed E-state index contributed by atoms with van der Waals surface area (Å²) in [6, 6.07) is 0. The molecule has 1 unspecified atom stereocenters. The summed E-state index contributed by atoms with van der Waals surface area (Å²) in [5.74, 6) is 1.31. The number of rotatable bonds is 2. The fourth-order valence-corrected chi connectivity index (χ4v) is 1.99. The van der Waals surface area contributed by atoms with E-state index in [9.17, 15) is 4.79 Å². The molecule has 0 aromatic carbocycles. The second kappa shape index (κ2) is 8.75. The first-order chi connectivity index (χ1) is 7.15. The summed E-state index contributed by atoms with van der Waals surface area (Å²) in [4.78, 5) is 11.4. The molecule has 0 saturated heterocycles. The van der Waals surface area contributed by atoms with Crippen LogP contribution in [0.2, 0.25) is 0 Å². The average molecular weight is 213 g/mol. The lowest BCUT2D eigenvalue weighted by Crippen LogP contribution is -2.33. The number of carbonyl (C=O) groups is 1. The third-order valence-corrected chi connectivity index (χ3v) is 2.66. The highest BCUT2D eigenvalue weighted by Crippen LogP contribution is 2.28. The fraction of sp³-hybridized carbons (Fsp3) is 0.923. The van der Waals surface area contributed by atoms with E-state index < -0.39 is 0 Å². The van der Waals surface area contributed by atoms with Gasteiger partial charge in [-0.3, -0.25) is 4.79 Å². The zero-order valence-electron chi connectivity index (χ0n) is 10.8. The summed E-state index contributed by atoms with van der Waals surface area (Å²) >= 11 is 0. The van der Waals surface area contributed by atoms with Crippen molar-refractivity contribution in [3.63, 3.8) is 0 Å².